The first-order valence-electron chi connectivity index (χ1n) is 27.7. The summed E-state index contributed by atoms with van der Waals surface area (Å²) in [6.45, 7) is 8.61. The summed E-state index contributed by atoms with van der Waals surface area (Å²) >= 11 is 0. The van der Waals surface area contributed by atoms with Crippen LogP contribution in [0, 0.1) is 27.7 Å². The standard InChI is InChI=1S/C37H26N2.C20H17N.C19H15N/c1-25-16-19-35-31(22-25)33-24-27(18-21-37(33)39(35)29-12-6-3-7-13-29)26-17-20-36-32(23-26)30-14-8-9-15-34(30)38(36)28-10-4-2-5-11-28;1-14-6-5-7-16(12-14)21-19-9-4-3-8-17(19)18-13-15(2)10-11-20(18)21;1-14-11-12-19-17(13-14)16-9-5-6-10-18(16)20(19)15-7-3-2-4-8-15/h2-24H,1H3;3-13H,1-2H3;2-13H,1H3. The lowest BCUT2D eigenvalue weighted by molar-refractivity contribution is 1.17. The van der Waals surface area contributed by atoms with E-state index in [-0.39, 0.29) is 0 Å². The van der Waals surface area contributed by atoms with Crippen molar-refractivity contribution in [3.8, 4) is 33.9 Å². The zero-order valence-corrected chi connectivity index (χ0v) is 45.3. The van der Waals surface area contributed by atoms with Crippen LogP contribution in [0.15, 0.2) is 279 Å². The molecule has 0 radical (unpaired) electrons. The highest BCUT2D eigenvalue weighted by Crippen LogP contribution is 2.39. The molecule has 0 unspecified atom stereocenters. The van der Waals surface area contributed by atoms with Gasteiger partial charge in [0.2, 0.25) is 0 Å². The second kappa shape index (κ2) is 20.0. The van der Waals surface area contributed by atoms with Gasteiger partial charge in [0.1, 0.15) is 0 Å². The molecule has 0 amide bonds. The molecule has 4 heteroatoms. The molecular weight excluding hydrogens is 969 g/mol. The van der Waals surface area contributed by atoms with Crippen LogP contribution in [0.2, 0.25) is 0 Å². The van der Waals surface area contributed by atoms with Crippen molar-refractivity contribution in [1.29, 1.82) is 0 Å². The van der Waals surface area contributed by atoms with Crippen molar-refractivity contribution >= 4 is 87.2 Å². The van der Waals surface area contributed by atoms with Crippen molar-refractivity contribution < 1.29 is 0 Å². The topological polar surface area (TPSA) is 19.7 Å². The van der Waals surface area contributed by atoms with Gasteiger partial charge in [-0.2, -0.15) is 0 Å². The van der Waals surface area contributed by atoms with Crippen LogP contribution in [0.4, 0.5) is 0 Å². The Kier molecular flexibility index (Phi) is 12.1. The van der Waals surface area contributed by atoms with Gasteiger partial charge in [-0.15, -0.1) is 0 Å². The van der Waals surface area contributed by atoms with Gasteiger partial charge in [-0.25, -0.2) is 0 Å². The Morgan fingerprint density at radius 1 is 0.175 bits per heavy atom. The molecule has 4 heterocycles. The fourth-order valence-electron chi connectivity index (χ4n) is 12.3. The molecule has 80 heavy (non-hydrogen) atoms. The first-order chi connectivity index (χ1) is 39.3. The van der Waals surface area contributed by atoms with Crippen LogP contribution in [0.5, 0.6) is 0 Å². The number of para-hydroxylation sites is 6. The lowest BCUT2D eigenvalue weighted by Gasteiger charge is -2.09. The highest BCUT2D eigenvalue weighted by atomic mass is 15.0. The van der Waals surface area contributed by atoms with Crippen molar-refractivity contribution in [2.24, 2.45) is 0 Å². The Morgan fingerprint density at radius 2 is 0.438 bits per heavy atom. The van der Waals surface area contributed by atoms with E-state index in [2.05, 4.69) is 325 Å². The predicted octanol–water partition coefficient (Wildman–Crippen LogP) is 20.3. The monoisotopic (exact) mass is 1030 g/mol. The summed E-state index contributed by atoms with van der Waals surface area (Å²) in [5.41, 5.74) is 22.4. The van der Waals surface area contributed by atoms with E-state index in [1.165, 1.54) is 143 Å². The summed E-state index contributed by atoms with van der Waals surface area (Å²) in [4.78, 5) is 0. The molecule has 0 spiro atoms. The van der Waals surface area contributed by atoms with E-state index in [1.807, 2.05) is 0 Å². The van der Waals surface area contributed by atoms with Crippen molar-refractivity contribution in [1.82, 2.24) is 18.3 Å². The summed E-state index contributed by atoms with van der Waals surface area (Å²) in [6.07, 6.45) is 0. The van der Waals surface area contributed by atoms with Gasteiger partial charge in [0, 0.05) is 65.8 Å². The maximum Gasteiger partial charge on any atom is 0.0541 e. The average Bonchev–Trinajstić information content (AvgIpc) is 4.30. The molecule has 0 saturated heterocycles. The van der Waals surface area contributed by atoms with Crippen molar-refractivity contribution in [2.45, 2.75) is 27.7 Å². The van der Waals surface area contributed by atoms with E-state index in [4.69, 9.17) is 0 Å². The van der Waals surface area contributed by atoms with Gasteiger partial charge in [-0.3, -0.25) is 0 Å². The smallest absolute Gasteiger partial charge is 0.0541 e. The highest BCUT2D eigenvalue weighted by molar-refractivity contribution is 6.14. The largest absolute Gasteiger partial charge is 0.309 e. The second-order valence-corrected chi connectivity index (χ2v) is 21.3. The van der Waals surface area contributed by atoms with E-state index < -0.39 is 0 Å². The number of nitrogens with zero attached hydrogens (tertiary/aromatic N) is 4. The van der Waals surface area contributed by atoms with Gasteiger partial charge in [0.05, 0.1) is 44.1 Å². The molecule has 0 N–H and O–H groups in total. The number of aryl methyl sites for hydroxylation is 4. The second-order valence-electron chi connectivity index (χ2n) is 21.3. The normalized spacial score (nSPS) is 11.5. The first-order valence-corrected chi connectivity index (χ1v) is 27.7. The number of fused-ring (bicyclic) bond motifs is 12. The van der Waals surface area contributed by atoms with Crippen LogP contribution in [-0.4, -0.2) is 18.3 Å². The molecule has 0 aliphatic heterocycles. The molecule has 0 saturated carbocycles. The lowest BCUT2D eigenvalue weighted by Crippen LogP contribution is -1.93. The minimum absolute atomic E-state index is 1.18. The summed E-state index contributed by atoms with van der Waals surface area (Å²) in [7, 11) is 0. The number of benzene rings is 12. The molecule has 12 aromatic carbocycles. The molecule has 4 nitrogen and oxygen atoms in total. The van der Waals surface area contributed by atoms with Crippen molar-refractivity contribution in [3.63, 3.8) is 0 Å². The Labute approximate surface area is 465 Å². The maximum absolute atomic E-state index is 2.38. The number of rotatable bonds is 5. The van der Waals surface area contributed by atoms with Gasteiger partial charge in [0.25, 0.3) is 0 Å². The van der Waals surface area contributed by atoms with Crippen LogP contribution in [0.25, 0.3) is 121 Å². The third-order valence-electron chi connectivity index (χ3n) is 15.9. The summed E-state index contributed by atoms with van der Waals surface area (Å²) < 4.78 is 9.44. The number of hydrogen-bond donors (Lipinski definition) is 0. The maximum atomic E-state index is 2.38. The van der Waals surface area contributed by atoms with Gasteiger partial charge in [-0.05, 0) is 172 Å². The molecule has 0 fully saturated rings. The summed E-state index contributed by atoms with van der Waals surface area (Å²) in [6, 6.07) is 100. The Bertz CT molecular complexity index is 4970. The third-order valence-corrected chi connectivity index (χ3v) is 15.9. The SMILES string of the molecule is Cc1ccc2c(c1)c1cc(-c3ccc4c(c3)c3ccccc3n4-c3ccccc3)ccc1n2-c1ccccc1.Cc1ccc2c(c1)c1ccccc1n2-c1ccccc1.Cc1cccc(-n2c3ccccc3c3cc(C)ccc32)c1. The van der Waals surface area contributed by atoms with Crippen molar-refractivity contribution in [3.05, 3.63) is 301 Å². The van der Waals surface area contributed by atoms with Crippen LogP contribution in [0.1, 0.15) is 22.3 Å². The minimum atomic E-state index is 1.18. The zero-order chi connectivity index (χ0) is 53.8. The molecular formula is C76H58N4. The predicted molar refractivity (Wildman–Crippen MR) is 341 cm³/mol. The van der Waals surface area contributed by atoms with E-state index in [0.29, 0.717) is 0 Å². The Morgan fingerprint density at radius 3 is 0.812 bits per heavy atom. The van der Waals surface area contributed by atoms with E-state index in [9.17, 15) is 0 Å². The molecule has 0 atom stereocenters. The molecule has 16 aromatic rings. The Hall–Kier alpha value is -10.2. The highest BCUT2D eigenvalue weighted by Gasteiger charge is 2.18. The van der Waals surface area contributed by atoms with Crippen LogP contribution in [-0.2, 0) is 0 Å². The molecule has 0 aliphatic rings. The van der Waals surface area contributed by atoms with Gasteiger partial charge in [-0.1, -0.05) is 168 Å². The first kappa shape index (κ1) is 48.2. The van der Waals surface area contributed by atoms with E-state index in [1.54, 1.807) is 0 Å². The summed E-state index contributed by atoms with van der Waals surface area (Å²) in [5.74, 6) is 0. The lowest BCUT2D eigenvalue weighted by atomic mass is 10.0. The molecule has 0 aliphatic carbocycles. The zero-order valence-electron chi connectivity index (χ0n) is 45.3. The van der Waals surface area contributed by atoms with Gasteiger partial charge in [0.15, 0.2) is 0 Å². The fraction of sp³-hybridized carbons (Fsp3) is 0.0526. The van der Waals surface area contributed by atoms with Crippen LogP contribution < -0.4 is 0 Å². The minimum Gasteiger partial charge on any atom is -0.309 e. The number of hydrogen-bond acceptors (Lipinski definition) is 0. The Balaban J connectivity index is 0.000000119. The fourth-order valence-corrected chi connectivity index (χ4v) is 12.3. The molecule has 16 rings (SSSR count). The summed E-state index contributed by atoms with van der Waals surface area (Å²) in [5, 5.41) is 10.4. The van der Waals surface area contributed by atoms with Gasteiger partial charge >= 0.3 is 0 Å². The van der Waals surface area contributed by atoms with Crippen LogP contribution in [0.3, 0.4) is 0 Å². The quantitative estimate of drug-likeness (QED) is 0.164. The molecule has 0 bridgehead atoms. The number of aromatic nitrogens is 4. The van der Waals surface area contributed by atoms with Crippen LogP contribution >= 0.6 is 0 Å². The molecule has 4 aromatic heterocycles. The average molecular weight is 1030 g/mol. The van der Waals surface area contributed by atoms with E-state index in [0.717, 1.165) is 0 Å². The molecule has 382 valence electrons. The van der Waals surface area contributed by atoms with Gasteiger partial charge < -0.3 is 18.3 Å². The van der Waals surface area contributed by atoms with Crippen molar-refractivity contribution in [2.75, 3.05) is 0 Å². The third kappa shape index (κ3) is 8.41. The van der Waals surface area contributed by atoms with E-state index >= 15 is 0 Å².